The van der Waals surface area contributed by atoms with Gasteiger partial charge in [-0.1, -0.05) is 52.3 Å². The van der Waals surface area contributed by atoms with Gasteiger partial charge in [0, 0.05) is 12.1 Å². The van der Waals surface area contributed by atoms with Crippen LogP contribution in [0.25, 0.3) is 5.69 Å². The summed E-state index contributed by atoms with van der Waals surface area (Å²) in [6.45, 7) is 12.3. The number of nitrogens with one attached hydrogen (secondary N) is 1. The van der Waals surface area contributed by atoms with E-state index >= 15 is 0 Å². The highest BCUT2D eigenvalue weighted by Gasteiger charge is 2.24. The Balaban J connectivity index is 1.99. The molecule has 9 heteroatoms. The number of anilines is 1. The largest absolute Gasteiger partial charge is 0.494 e. The standard InChI is InChI=1S/C28H37FN4O4/c1-9-11-19(10-2)37-23-13-12-18(28(4,5)6)14-21(23)30-27(34)26-17(3)33(32-31-26)22-16-24(35-7)20(29)15-25(22)36-8/h12-16,19H,9-11H2,1-8H3,(H,30,34)/t19-/m0/s1. The zero-order valence-corrected chi connectivity index (χ0v) is 22.9. The van der Waals surface area contributed by atoms with Crippen molar-refractivity contribution >= 4 is 11.6 Å². The number of amides is 1. The summed E-state index contributed by atoms with van der Waals surface area (Å²) in [7, 11) is 2.80. The fourth-order valence-corrected chi connectivity index (χ4v) is 4.00. The van der Waals surface area contributed by atoms with E-state index in [2.05, 4.69) is 50.2 Å². The van der Waals surface area contributed by atoms with E-state index in [9.17, 15) is 9.18 Å². The number of carbonyl (C=O) groups is 1. The Morgan fingerprint density at radius 1 is 1.08 bits per heavy atom. The minimum absolute atomic E-state index is 0.0232. The van der Waals surface area contributed by atoms with E-state index in [1.165, 1.54) is 31.0 Å². The molecule has 8 nitrogen and oxygen atoms in total. The highest BCUT2D eigenvalue weighted by molar-refractivity contribution is 6.04. The van der Waals surface area contributed by atoms with Crippen molar-refractivity contribution in [2.75, 3.05) is 19.5 Å². The number of rotatable bonds is 10. The summed E-state index contributed by atoms with van der Waals surface area (Å²) in [5.74, 6) is -0.144. The van der Waals surface area contributed by atoms with E-state index in [1.807, 2.05) is 18.2 Å². The summed E-state index contributed by atoms with van der Waals surface area (Å²) in [6, 6.07) is 8.54. The highest BCUT2D eigenvalue weighted by atomic mass is 19.1. The minimum atomic E-state index is -0.571. The van der Waals surface area contributed by atoms with Crippen LogP contribution in [0.2, 0.25) is 0 Å². The van der Waals surface area contributed by atoms with Crippen molar-refractivity contribution in [3.05, 3.63) is 53.1 Å². The molecule has 0 aliphatic heterocycles. The summed E-state index contributed by atoms with van der Waals surface area (Å²) < 4.78 is 32.3. The second kappa shape index (κ2) is 11.6. The van der Waals surface area contributed by atoms with E-state index in [0.717, 1.165) is 24.8 Å². The molecule has 1 atom stereocenters. The van der Waals surface area contributed by atoms with Crippen molar-refractivity contribution < 1.29 is 23.4 Å². The molecule has 0 spiro atoms. The van der Waals surface area contributed by atoms with Gasteiger partial charge in [0.15, 0.2) is 17.3 Å². The molecule has 1 aromatic heterocycles. The molecule has 0 saturated carbocycles. The van der Waals surface area contributed by atoms with Crippen LogP contribution in [-0.4, -0.2) is 41.2 Å². The quantitative estimate of drug-likeness (QED) is 0.346. The van der Waals surface area contributed by atoms with Crippen LogP contribution in [0, 0.1) is 12.7 Å². The fourth-order valence-electron chi connectivity index (χ4n) is 4.00. The highest BCUT2D eigenvalue weighted by Crippen LogP contribution is 2.34. The molecule has 3 rings (SSSR count). The van der Waals surface area contributed by atoms with Crippen LogP contribution in [-0.2, 0) is 5.41 Å². The molecule has 0 unspecified atom stereocenters. The van der Waals surface area contributed by atoms with Crippen molar-refractivity contribution in [1.29, 1.82) is 0 Å². The van der Waals surface area contributed by atoms with Gasteiger partial charge in [-0.15, -0.1) is 5.10 Å². The van der Waals surface area contributed by atoms with Crippen molar-refractivity contribution in [1.82, 2.24) is 15.0 Å². The number of nitrogens with zero attached hydrogens (tertiary/aromatic N) is 3. The van der Waals surface area contributed by atoms with Crippen LogP contribution in [0.5, 0.6) is 17.2 Å². The maximum Gasteiger partial charge on any atom is 0.278 e. The van der Waals surface area contributed by atoms with Crippen LogP contribution in [0.3, 0.4) is 0 Å². The third-order valence-corrected chi connectivity index (χ3v) is 6.24. The number of methoxy groups -OCH3 is 2. The topological polar surface area (TPSA) is 87.5 Å². The Hall–Kier alpha value is -3.62. The van der Waals surface area contributed by atoms with Crippen LogP contribution in [0.4, 0.5) is 10.1 Å². The molecule has 1 N–H and O–H groups in total. The van der Waals surface area contributed by atoms with Crippen LogP contribution < -0.4 is 19.5 Å². The zero-order chi connectivity index (χ0) is 27.3. The summed E-state index contributed by atoms with van der Waals surface area (Å²) in [6.07, 6.45) is 2.82. The predicted octanol–water partition coefficient (Wildman–Crippen LogP) is 6.24. The molecule has 1 heterocycles. The smallest absolute Gasteiger partial charge is 0.278 e. The van der Waals surface area contributed by atoms with Gasteiger partial charge in [0.05, 0.1) is 31.7 Å². The monoisotopic (exact) mass is 512 g/mol. The van der Waals surface area contributed by atoms with Gasteiger partial charge >= 0.3 is 0 Å². The fraction of sp³-hybridized carbons (Fsp3) is 0.464. The number of hydrogen-bond donors (Lipinski definition) is 1. The number of ether oxygens (including phenoxy) is 3. The molecular weight excluding hydrogens is 475 g/mol. The van der Waals surface area contributed by atoms with Gasteiger partial charge in [0.1, 0.15) is 17.2 Å². The minimum Gasteiger partial charge on any atom is -0.494 e. The molecule has 37 heavy (non-hydrogen) atoms. The number of hydrogen-bond acceptors (Lipinski definition) is 6. The predicted molar refractivity (Wildman–Crippen MR) is 142 cm³/mol. The molecule has 0 aliphatic rings. The molecule has 0 radical (unpaired) electrons. The van der Waals surface area contributed by atoms with Gasteiger partial charge < -0.3 is 19.5 Å². The van der Waals surface area contributed by atoms with Gasteiger partial charge in [0.2, 0.25) is 0 Å². The SMILES string of the molecule is CCC[C@H](CC)Oc1ccc(C(C)(C)C)cc1NC(=O)c1nnn(-c2cc(OC)c(F)cc2OC)c1C. The molecule has 200 valence electrons. The molecule has 0 saturated heterocycles. The molecule has 3 aromatic rings. The van der Waals surface area contributed by atoms with Crippen molar-refractivity contribution in [2.45, 2.75) is 72.3 Å². The van der Waals surface area contributed by atoms with E-state index in [0.29, 0.717) is 22.8 Å². The lowest BCUT2D eigenvalue weighted by atomic mass is 9.87. The van der Waals surface area contributed by atoms with E-state index in [1.54, 1.807) is 6.92 Å². The maximum absolute atomic E-state index is 14.2. The summed E-state index contributed by atoms with van der Waals surface area (Å²) in [5, 5.41) is 11.2. The lowest BCUT2D eigenvalue weighted by Gasteiger charge is -2.24. The third-order valence-electron chi connectivity index (χ3n) is 6.24. The van der Waals surface area contributed by atoms with Crippen molar-refractivity contribution in [3.63, 3.8) is 0 Å². The van der Waals surface area contributed by atoms with Gasteiger partial charge in [-0.3, -0.25) is 4.79 Å². The average molecular weight is 513 g/mol. The molecule has 1 amide bonds. The summed E-state index contributed by atoms with van der Waals surface area (Å²) in [4.78, 5) is 13.4. The third kappa shape index (κ3) is 6.21. The normalized spacial score (nSPS) is 12.2. The number of benzene rings is 2. The van der Waals surface area contributed by atoms with E-state index in [4.69, 9.17) is 14.2 Å². The van der Waals surface area contributed by atoms with Gasteiger partial charge in [-0.25, -0.2) is 9.07 Å². The Morgan fingerprint density at radius 3 is 2.38 bits per heavy atom. The van der Waals surface area contributed by atoms with Gasteiger partial charge in [-0.05, 0) is 42.9 Å². The maximum atomic E-state index is 14.2. The first-order valence-electron chi connectivity index (χ1n) is 12.5. The van der Waals surface area contributed by atoms with Gasteiger partial charge in [0.25, 0.3) is 5.91 Å². The van der Waals surface area contributed by atoms with Crippen molar-refractivity contribution in [3.8, 4) is 22.9 Å². The van der Waals surface area contributed by atoms with Crippen LogP contribution in [0.15, 0.2) is 30.3 Å². The Kier molecular flexibility index (Phi) is 8.78. The first-order valence-corrected chi connectivity index (χ1v) is 12.5. The first kappa shape index (κ1) is 28.0. The number of carbonyl (C=O) groups excluding carboxylic acids is 1. The van der Waals surface area contributed by atoms with E-state index in [-0.39, 0.29) is 28.7 Å². The second-order valence-electron chi connectivity index (χ2n) is 9.95. The molecule has 0 bridgehead atoms. The van der Waals surface area contributed by atoms with E-state index < -0.39 is 11.7 Å². The second-order valence-corrected chi connectivity index (χ2v) is 9.95. The molecule has 2 aromatic carbocycles. The number of aromatic nitrogens is 3. The first-order chi connectivity index (χ1) is 17.5. The Morgan fingerprint density at radius 2 is 1.78 bits per heavy atom. The van der Waals surface area contributed by atoms with Crippen LogP contribution in [0.1, 0.15) is 75.6 Å². The molecular formula is C28H37FN4O4. The Labute approximate surface area is 218 Å². The Bertz CT molecular complexity index is 1250. The van der Waals surface area contributed by atoms with Crippen LogP contribution >= 0.6 is 0 Å². The van der Waals surface area contributed by atoms with Gasteiger partial charge in [-0.2, -0.15) is 0 Å². The lowest BCUT2D eigenvalue weighted by Crippen LogP contribution is -2.20. The zero-order valence-electron chi connectivity index (χ0n) is 22.9. The van der Waals surface area contributed by atoms with Crippen molar-refractivity contribution in [2.24, 2.45) is 0 Å². The number of halogens is 1. The average Bonchev–Trinajstić information content (AvgIpc) is 3.24. The summed E-state index contributed by atoms with van der Waals surface area (Å²) in [5.41, 5.74) is 2.48. The molecule has 0 fully saturated rings. The lowest BCUT2D eigenvalue weighted by molar-refractivity contribution is 0.102. The molecule has 0 aliphatic carbocycles. The summed E-state index contributed by atoms with van der Waals surface area (Å²) >= 11 is 0.